The van der Waals surface area contributed by atoms with Crippen molar-refractivity contribution in [3.8, 4) is 21.9 Å². The summed E-state index contributed by atoms with van der Waals surface area (Å²) in [6.07, 6.45) is 5.55. The maximum Gasteiger partial charge on any atom is 0.268 e. The van der Waals surface area contributed by atoms with Crippen LogP contribution >= 0.6 is 11.3 Å². The van der Waals surface area contributed by atoms with E-state index < -0.39 is 0 Å². The molecule has 1 amide bonds. The first-order chi connectivity index (χ1) is 14.1. The predicted octanol–water partition coefficient (Wildman–Crippen LogP) is 3.73. The van der Waals surface area contributed by atoms with E-state index in [4.69, 9.17) is 4.52 Å². The summed E-state index contributed by atoms with van der Waals surface area (Å²) in [4.78, 5) is 28.4. The van der Waals surface area contributed by atoms with E-state index in [9.17, 15) is 9.59 Å². The van der Waals surface area contributed by atoms with Crippen molar-refractivity contribution in [3.05, 3.63) is 45.7 Å². The van der Waals surface area contributed by atoms with Crippen molar-refractivity contribution in [1.82, 2.24) is 19.8 Å². The van der Waals surface area contributed by atoms with E-state index in [0.717, 1.165) is 49.3 Å². The molecule has 1 saturated heterocycles. The molecule has 0 aliphatic carbocycles. The topological polar surface area (TPSA) is 81.2 Å². The highest BCUT2D eigenvalue weighted by atomic mass is 32.1. The molecule has 1 aliphatic rings. The molecule has 3 aromatic heterocycles. The van der Waals surface area contributed by atoms with Gasteiger partial charge in [0.15, 0.2) is 5.76 Å². The van der Waals surface area contributed by atoms with E-state index in [-0.39, 0.29) is 18.0 Å². The van der Waals surface area contributed by atoms with Crippen LogP contribution in [0.1, 0.15) is 37.8 Å². The molecule has 152 valence electrons. The summed E-state index contributed by atoms with van der Waals surface area (Å²) in [7, 11) is 0. The van der Waals surface area contributed by atoms with Gasteiger partial charge in [-0.05, 0) is 31.2 Å². The van der Waals surface area contributed by atoms with Gasteiger partial charge in [0, 0.05) is 25.2 Å². The van der Waals surface area contributed by atoms with Crippen LogP contribution in [-0.4, -0.2) is 38.8 Å². The fourth-order valence-corrected chi connectivity index (χ4v) is 4.33. The molecule has 0 atom stereocenters. The third kappa shape index (κ3) is 4.48. The van der Waals surface area contributed by atoms with Gasteiger partial charge in [-0.2, -0.15) is 5.10 Å². The Morgan fingerprint density at radius 1 is 1.17 bits per heavy atom. The molecule has 29 heavy (non-hydrogen) atoms. The fraction of sp³-hybridized carbons (Fsp3) is 0.429. The quantitative estimate of drug-likeness (QED) is 0.652. The summed E-state index contributed by atoms with van der Waals surface area (Å²) in [5.74, 6) is 0.444. The number of carbonyl (C=O) groups is 1. The largest absolute Gasteiger partial charge is 0.356 e. The zero-order valence-corrected chi connectivity index (χ0v) is 17.3. The maximum atomic E-state index is 12.8. The minimum atomic E-state index is -0.324. The number of likely N-dealkylation sites (tertiary alicyclic amines) is 1. The first-order valence-electron chi connectivity index (χ1n) is 9.99. The molecule has 8 heteroatoms. The van der Waals surface area contributed by atoms with Gasteiger partial charge in [0.25, 0.3) is 5.56 Å². The van der Waals surface area contributed by atoms with Crippen LogP contribution in [0.3, 0.4) is 0 Å². The minimum absolute atomic E-state index is 0.0487. The van der Waals surface area contributed by atoms with Gasteiger partial charge in [-0.1, -0.05) is 30.5 Å². The Morgan fingerprint density at radius 3 is 2.59 bits per heavy atom. The van der Waals surface area contributed by atoms with Gasteiger partial charge in [0.1, 0.15) is 12.2 Å². The SMILES string of the molecule is Cc1cc(-c2cc(=O)n(CC(=O)N3CCCCCCC3)nc2-c2cccs2)on1. The van der Waals surface area contributed by atoms with Gasteiger partial charge in [0.05, 0.1) is 16.1 Å². The van der Waals surface area contributed by atoms with E-state index in [0.29, 0.717) is 17.0 Å². The van der Waals surface area contributed by atoms with Crippen LogP contribution in [-0.2, 0) is 11.3 Å². The molecular formula is C21H24N4O3S. The van der Waals surface area contributed by atoms with Crippen LogP contribution in [0.2, 0.25) is 0 Å². The van der Waals surface area contributed by atoms with Gasteiger partial charge in [0.2, 0.25) is 5.91 Å². The van der Waals surface area contributed by atoms with Crippen molar-refractivity contribution in [1.29, 1.82) is 0 Å². The van der Waals surface area contributed by atoms with E-state index in [1.807, 2.05) is 29.3 Å². The first-order valence-corrected chi connectivity index (χ1v) is 10.9. The summed E-state index contributed by atoms with van der Waals surface area (Å²) in [5.41, 5.74) is 1.62. The molecule has 1 aliphatic heterocycles. The van der Waals surface area contributed by atoms with Crippen LogP contribution in [0, 0.1) is 6.92 Å². The fourth-order valence-electron chi connectivity index (χ4n) is 3.60. The monoisotopic (exact) mass is 412 g/mol. The van der Waals surface area contributed by atoms with Crippen molar-refractivity contribution in [2.24, 2.45) is 0 Å². The number of nitrogens with zero attached hydrogens (tertiary/aromatic N) is 4. The highest BCUT2D eigenvalue weighted by molar-refractivity contribution is 7.13. The van der Waals surface area contributed by atoms with E-state index in [1.165, 1.54) is 28.5 Å². The highest BCUT2D eigenvalue weighted by Gasteiger charge is 2.20. The molecule has 4 heterocycles. The van der Waals surface area contributed by atoms with Gasteiger partial charge in [-0.3, -0.25) is 9.59 Å². The predicted molar refractivity (Wildman–Crippen MR) is 112 cm³/mol. The van der Waals surface area contributed by atoms with Crippen molar-refractivity contribution in [3.63, 3.8) is 0 Å². The zero-order chi connectivity index (χ0) is 20.2. The smallest absolute Gasteiger partial charge is 0.268 e. The Kier molecular flexibility index (Phi) is 5.89. The summed E-state index contributed by atoms with van der Waals surface area (Å²) in [5, 5.41) is 10.4. The van der Waals surface area contributed by atoms with Crippen molar-refractivity contribution < 1.29 is 9.32 Å². The van der Waals surface area contributed by atoms with Crippen molar-refractivity contribution in [2.75, 3.05) is 13.1 Å². The number of thiophene rings is 1. The third-order valence-corrected chi connectivity index (χ3v) is 6.02. The van der Waals surface area contributed by atoms with Gasteiger partial charge >= 0.3 is 0 Å². The lowest BCUT2D eigenvalue weighted by Gasteiger charge is -2.25. The summed E-state index contributed by atoms with van der Waals surface area (Å²) < 4.78 is 6.64. The van der Waals surface area contributed by atoms with E-state index in [2.05, 4.69) is 10.3 Å². The average molecular weight is 413 g/mol. The Hall–Kier alpha value is -2.74. The number of hydrogen-bond donors (Lipinski definition) is 0. The molecule has 0 N–H and O–H groups in total. The standard InChI is InChI=1S/C21H24N4O3S/c1-15-12-17(28-23-15)16-13-19(26)25(22-21(16)18-8-7-11-29-18)14-20(27)24-9-5-3-2-4-6-10-24/h7-8,11-13H,2-6,9-10,14H2,1H3. The molecule has 0 aromatic carbocycles. The van der Waals surface area contributed by atoms with E-state index >= 15 is 0 Å². The Morgan fingerprint density at radius 2 is 1.93 bits per heavy atom. The molecular weight excluding hydrogens is 388 g/mol. The number of rotatable bonds is 4. The van der Waals surface area contributed by atoms with Crippen LogP contribution in [0.4, 0.5) is 0 Å². The van der Waals surface area contributed by atoms with Crippen LogP contribution in [0.25, 0.3) is 21.9 Å². The first kappa shape index (κ1) is 19.6. The number of aryl methyl sites for hydroxylation is 1. The van der Waals surface area contributed by atoms with Gasteiger partial charge in [-0.25, -0.2) is 4.68 Å². The lowest BCUT2D eigenvalue weighted by atomic mass is 10.1. The Labute approximate surface area is 172 Å². The second kappa shape index (κ2) is 8.73. The molecule has 4 rings (SSSR count). The molecule has 0 saturated carbocycles. The van der Waals surface area contributed by atoms with Crippen LogP contribution < -0.4 is 5.56 Å². The Bertz CT molecular complexity index is 1030. The average Bonchev–Trinajstić information content (AvgIpc) is 3.34. The van der Waals surface area contributed by atoms with Crippen molar-refractivity contribution >= 4 is 17.2 Å². The molecule has 0 unspecified atom stereocenters. The van der Waals surface area contributed by atoms with Crippen LogP contribution in [0.15, 0.2) is 39.0 Å². The van der Waals surface area contributed by atoms with Crippen LogP contribution in [0.5, 0.6) is 0 Å². The summed E-state index contributed by atoms with van der Waals surface area (Å²) in [6.45, 7) is 3.28. The molecule has 7 nitrogen and oxygen atoms in total. The molecule has 3 aromatic rings. The number of aromatic nitrogens is 3. The summed E-state index contributed by atoms with van der Waals surface area (Å²) in [6, 6.07) is 7.14. The summed E-state index contributed by atoms with van der Waals surface area (Å²) >= 11 is 1.52. The highest BCUT2D eigenvalue weighted by Crippen LogP contribution is 2.32. The lowest BCUT2D eigenvalue weighted by Crippen LogP contribution is -2.39. The zero-order valence-electron chi connectivity index (χ0n) is 16.5. The lowest BCUT2D eigenvalue weighted by molar-refractivity contribution is -0.132. The molecule has 0 radical (unpaired) electrons. The normalized spacial score (nSPS) is 15.1. The van der Waals surface area contributed by atoms with Crippen molar-refractivity contribution in [2.45, 2.75) is 45.6 Å². The maximum absolute atomic E-state index is 12.8. The minimum Gasteiger partial charge on any atom is -0.356 e. The second-order valence-electron chi connectivity index (χ2n) is 7.36. The Balaban J connectivity index is 1.66. The van der Waals surface area contributed by atoms with E-state index in [1.54, 1.807) is 6.07 Å². The third-order valence-electron chi connectivity index (χ3n) is 5.14. The number of hydrogen-bond acceptors (Lipinski definition) is 6. The van der Waals surface area contributed by atoms with Gasteiger partial charge < -0.3 is 9.42 Å². The molecule has 0 spiro atoms. The molecule has 1 fully saturated rings. The number of amides is 1. The van der Waals surface area contributed by atoms with Gasteiger partial charge in [-0.15, -0.1) is 11.3 Å². The molecule has 0 bridgehead atoms. The second-order valence-corrected chi connectivity index (χ2v) is 8.31. The number of carbonyl (C=O) groups excluding carboxylic acids is 1.